The average Bonchev–Trinajstić information content (AvgIpc) is 2.94. The largest absolute Gasteiger partial charge is 0.481 e. The highest BCUT2D eigenvalue weighted by Gasteiger charge is 2.34. The molecule has 0 aliphatic rings. The van der Waals surface area contributed by atoms with E-state index in [2.05, 4.69) is 21.3 Å². The second-order valence-corrected chi connectivity index (χ2v) is 10.4. The van der Waals surface area contributed by atoms with Crippen molar-refractivity contribution >= 4 is 41.5 Å². The molecule has 1 aromatic rings. The molecule has 1 rings (SSSR count). The van der Waals surface area contributed by atoms with Crippen LogP contribution in [0.5, 0.6) is 0 Å². The van der Waals surface area contributed by atoms with Crippen LogP contribution in [0.2, 0.25) is 0 Å². The predicted octanol–water partition coefficient (Wildman–Crippen LogP) is 0.926. The van der Waals surface area contributed by atoms with Crippen LogP contribution in [0.1, 0.15) is 52.5 Å². The number of ketones is 1. The zero-order valence-corrected chi connectivity index (χ0v) is 24.4. The maximum Gasteiger partial charge on any atom is 0.408 e. The first-order valence-corrected chi connectivity index (χ1v) is 13.6. The number of hydrogen-bond donors (Lipinski definition) is 6. The standard InChI is InChI=1S/C28H39FN4O10/c1-15(2)23(20(34)13-29)32-26(40)19(12-22(37)38)31-25(39)18(10-11-21(35)36)30-27(41)24(16(3)4)33-28(42)43-14-17-8-6-5-7-9-17/h5-9,15-16,18-19,23-24H,10-14H2,1-4H3,(H,30,41)(H,31,39)(H,32,40)(H,33,42)(H,35,36)(H,37,38)/t18-,19-,23-,24-/m0/s1. The lowest BCUT2D eigenvalue weighted by molar-refractivity contribution is -0.141. The van der Waals surface area contributed by atoms with E-state index in [0.717, 1.165) is 0 Å². The Kier molecular flexibility index (Phi) is 15.3. The molecule has 0 aliphatic carbocycles. The minimum Gasteiger partial charge on any atom is -0.481 e. The van der Waals surface area contributed by atoms with Crippen LogP contribution in [0.25, 0.3) is 0 Å². The van der Waals surface area contributed by atoms with Crippen molar-refractivity contribution in [1.82, 2.24) is 21.3 Å². The smallest absolute Gasteiger partial charge is 0.408 e. The van der Waals surface area contributed by atoms with Crippen molar-refractivity contribution in [2.45, 2.75) is 77.7 Å². The second kappa shape index (κ2) is 18.1. The molecule has 0 saturated carbocycles. The molecule has 0 fully saturated rings. The highest BCUT2D eigenvalue weighted by Crippen LogP contribution is 2.09. The lowest BCUT2D eigenvalue weighted by Gasteiger charge is -2.27. The third-order valence-corrected chi connectivity index (χ3v) is 6.17. The predicted molar refractivity (Wildman–Crippen MR) is 149 cm³/mol. The molecular weight excluding hydrogens is 571 g/mol. The van der Waals surface area contributed by atoms with E-state index in [1.165, 1.54) is 13.8 Å². The van der Waals surface area contributed by atoms with Crippen LogP contribution in [-0.4, -0.2) is 82.6 Å². The molecule has 4 amide bonds. The van der Waals surface area contributed by atoms with E-state index in [9.17, 15) is 43.1 Å². The van der Waals surface area contributed by atoms with Gasteiger partial charge in [0.1, 0.15) is 31.4 Å². The van der Waals surface area contributed by atoms with Gasteiger partial charge >= 0.3 is 18.0 Å². The van der Waals surface area contributed by atoms with Gasteiger partial charge in [-0.05, 0) is 23.8 Å². The van der Waals surface area contributed by atoms with Gasteiger partial charge in [0.25, 0.3) is 0 Å². The Balaban J connectivity index is 3.07. The van der Waals surface area contributed by atoms with Crippen LogP contribution in [0.15, 0.2) is 30.3 Å². The van der Waals surface area contributed by atoms with Gasteiger partial charge in [-0.1, -0.05) is 58.0 Å². The van der Waals surface area contributed by atoms with Crippen molar-refractivity contribution in [3.63, 3.8) is 0 Å². The Bertz CT molecular complexity index is 1150. The van der Waals surface area contributed by atoms with E-state index < -0.39 is 103 Å². The van der Waals surface area contributed by atoms with Gasteiger partial charge in [-0.2, -0.15) is 0 Å². The van der Waals surface area contributed by atoms with Crippen molar-refractivity contribution in [2.75, 3.05) is 6.67 Å². The lowest BCUT2D eigenvalue weighted by atomic mass is 9.99. The Morgan fingerprint density at radius 3 is 1.81 bits per heavy atom. The summed E-state index contributed by atoms with van der Waals surface area (Å²) in [6.45, 7) is 4.79. The molecule has 0 spiro atoms. The number of ether oxygens (including phenoxy) is 1. The van der Waals surface area contributed by atoms with Crippen molar-refractivity contribution in [3.05, 3.63) is 35.9 Å². The monoisotopic (exact) mass is 610 g/mol. The number of amides is 4. The molecule has 0 radical (unpaired) electrons. The van der Waals surface area contributed by atoms with Gasteiger partial charge in [-0.3, -0.25) is 28.8 Å². The summed E-state index contributed by atoms with van der Waals surface area (Å²) in [5, 5.41) is 27.6. The average molecular weight is 611 g/mol. The number of alkyl halides is 1. The SMILES string of the molecule is CC(C)[C@H](NC(=O)[C@H](CC(=O)O)NC(=O)[C@H](CCC(=O)O)NC(=O)[C@@H](NC(=O)OCc1ccccc1)C(C)C)C(=O)CF. The van der Waals surface area contributed by atoms with Crippen molar-refractivity contribution in [1.29, 1.82) is 0 Å². The summed E-state index contributed by atoms with van der Waals surface area (Å²) in [6.07, 6.45) is -2.90. The van der Waals surface area contributed by atoms with E-state index >= 15 is 0 Å². The summed E-state index contributed by atoms with van der Waals surface area (Å²) in [4.78, 5) is 86.0. The molecule has 1 aromatic carbocycles. The zero-order valence-electron chi connectivity index (χ0n) is 24.4. The van der Waals surface area contributed by atoms with E-state index in [0.29, 0.717) is 5.56 Å². The third kappa shape index (κ3) is 13.3. The maximum atomic E-state index is 13.1. The number of carboxylic acids is 2. The number of nitrogens with one attached hydrogen (secondary N) is 4. The molecule has 0 heterocycles. The summed E-state index contributed by atoms with van der Waals surface area (Å²) in [5.74, 6) is -7.89. The summed E-state index contributed by atoms with van der Waals surface area (Å²) in [7, 11) is 0. The summed E-state index contributed by atoms with van der Waals surface area (Å²) < 4.78 is 18.1. The normalized spacial score (nSPS) is 13.7. The van der Waals surface area contributed by atoms with Crippen molar-refractivity contribution in [3.8, 4) is 0 Å². The molecule has 0 unspecified atom stereocenters. The van der Waals surface area contributed by atoms with E-state index in [-0.39, 0.29) is 6.61 Å². The lowest BCUT2D eigenvalue weighted by Crippen LogP contribution is -2.59. The Morgan fingerprint density at radius 1 is 0.744 bits per heavy atom. The van der Waals surface area contributed by atoms with Gasteiger partial charge in [0.2, 0.25) is 17.7 Å². The summed E-state index contributed by atoms with van der Waals surface area (Å²) >= 11 is 0. The van der Waals surface area contributed by atoms with Gasteiger partial charge < -0.3 is 36.2 Å². The first-order chi connectivity index (χ1) is 20.2. The first-order valence-electron chi connectivity index (χ1n) is 13.6. The van der Waals surface area contributed by atoms with Crippen LogP contribution in [0.3, 0.4) is 0 Å². The molecule has 14 nitrogen and oxygen atoms in total. The number of carbonyl (C=O) groups is 7. The van der Waals surface area contributed by atoms with Crippen LogP contribution < -0.4 is 21.3 Å². The fourth-order valence-electron chi connectivity index (χ4n) is 3.84. The Morgan fingerprint density at radius 2 is 1.30 bits per heavy atom. The number of halogens is 1. The van der Waals surface area contributed by atoms with E-state index in [1.54, 1.807) is 44.2 Å². The molecule has 4 atom stereocenters. The number of carboxylic acid groups (broad SMARTS) is 2. The number of aliphatic carboxylic acids is 2. The van der Waals surface area contributed by atoms with Crippen molar-refractivity contribution in [2.24, 2.45) is 11.8 Å². The Labute approximate surface area is 248 Å². The molecule has 6 N–H and O–H groups in total. The third-order valence-electron chi connectivity index (χ3n) is 6.17. The van der Waals surface area contributed by atoms with Gasteiger partial charge in [-0.15, -0.1) is 0 Å². The fourth-order valence-corrected chi connectivity index (χ4v) is 3.84. The number of alkyl carbamates (subject to hydrolysis) is 1. The van der Waals surface area contributed by atoms with Gasteiger partial charge in [0, 0.05) is 6.42 Å². The topological polar surface area (TPSA) is 217 Å². The highest BCUT2D eigenvalue weighted by atomic mass is 19.1. The summed E-state index contributed by atoms with van der Waals surface area (Å²) in [5.41, 5.74) is 0.697. The van der Waals surface area contributed by atoms with Crippen LogP contribution in [-0.2, 0) is 40.1 Å². The van der Waals surface area contributed by atoms with Gasteiger partial charge in [-0.25, -0.2) is 9.18 Å². The maximum absolute atomic E-state index is 13.1. The molecule has 0 aromatic heterocycles. The minimum atomic E-state index is -1.75. The molecule has 0 bridgehead atoms. The number of Topliss-reactive ketones (excluding diaryl/α,β-unsaturated/α-hetero) is 1. The fraction of sp³-hybridized carbons (Fsp3) is 0.536. The summed E-state index contributed by atoms with van der Waals surface area (Å²) in [6, 6.07) is 2.90. The molecular formula is C28H39FN4O10. The van der Waals surface area contributed by atoms with Crippen LogP contribution in [0, 0.1) is 11.8 Å². The van der Waals surface area contributed by atoms with E-state index in [1.807, 2.05) is 0 Å². The zero-order chi connectivity index (χ0) is 32.7. The molecule has 0 saturated heterocycles. The van der Waals surface area contributed by atoms with E-state index in [4.69, 9.17) is 9.84 Å². The quantitative estimate of drug-likeness (QED) is 0.138. The van der Waals surface area contributed by atoms with Gasteiger partial charge in [0.05, 0.1) is 12.5 Å². The first kappa shape index (κ1) is 36.5. The highest BCUT2D eigenvalue weighted by molar-refractivity contribution is 5.97. The van der Waals surface area contributed by atoms with Crippen LogP contribution >= 0.6 is 0 Å². The van der Waals surface area contributed by atoms with Crippen LogP contribution in [0.4, 0.5) is 9.18 Å². The molecule has 15 heteroatoms. The number of benzene rings is 1. The Hall–Kier alpha value is -4.56. The molecule has 0 aliphatic heterocycles. The molecule has 43 heavy (non-hydrogen) atoms. The number of carbonyl (C=O) groups excluding carboxylic acids is 5. The van der Waals surface area contributed by atoms with Crippen molar-refractivity contribution < 1.29 is 52.9 Å². The second-order valence-electron chi connectivity index (χ2n) is 10.4. The minimum absolute atomic E-state index is 0.0790. The number of hydrogen-bond acceptors (Lipinski definition) is 8. The number of rotatable bonds is 18. The van der Waals surface area contributed by atoms with Gasteiger partial charge in [0.15, 0.2) is 5.78 Å². The molecule has 238 valence electrons.